The smallest absolute Gasteiger partial charge is 0.312 e. The number of carbonyl (C=O) groups is 3. The van der Waals surface area contributed by atoms with Gasteiger partial charge in [0.1, 0.15) is 0 Å². The molecule has 1 aromatic rings. The Balaban J connectivity index is 1.88. The summed E-state index contributed by atoms with van der Waals surface area (Å²) in [5.74, 6) is -1.05. The predicted molar refractivity (Wildman–Crippen MR) is 69.9 cm³/mol. The van der Waals surface area contributed by atoms with E-state index in [4.69, 9.17) is 4.42 Å². The number of nitrogens with zero attached hydrogens (tertiary/aromatic N) is 2. The molecule has 0 radical (unpaired) electrons. The van der Waals surface area contributed by atoms with Crippen LogP contribution in [0, 0.1) is 0 Å². The zero-order valence-electron chi connectivity index (χ0n) is 11.3. The zero-order chi connectivity index (χ0) is 14.5. The minimum absolute atomic E-state index is 0.194. The van der Waals surface area contributed by atoms with Crippen LogP contribution in [0.15, 0.2) is 22.8 Å². The summed E-state index contributed by atoms with van der Waals surface area (Å²) in [6, 6.07) is 3.26. The Morgan fingerprint density at radius 1 is 1.20 bits per heavy atom. The molecule has 3 amide bonds. The topological polar surface area (TPSA) is 82.9 Å². The molecule has 7 heteroatoms. The van der Waals surface area contributed by atoms with Gasteiger partial charge in [-0.3, -0.25) is 14.4 Å². The van der Waals surface area contributed by atoms with E-state index < -0.39 is 11.8 Å². The largest absolute Gasteiger partial charge is 0.459 e. The first-order chi connectivity index (χ1) is 9.63. The maximum Gasteiger partial charge on any atom is 0.312 e. The third kappa shape index (κ3) is 2.98. The summed E-state index contributed by atoms with van der Waals surface area (Å²) in [7, 11) is 0. The van der Waals surface area contributed by atoms with Gasteiger partial charge >= 0.3 is 11.8 Å². The molecule has 0 aromatic carbocycles. The molecule has 1 aromatic heterocycles. The lowest BCUT2D eigenvalue weighted by atomic mass is 10.2. The van der Waals surface area contributed by atoms with Crippen molar-refractivity contribution in [2.75, 3.05) is 32.7 Å². The Hall–Kier alpha value is -2.31. The summed E-state index contributed by atoms with van der Waals surface area (Å²) < 4.78 is 5.06. The lowest BCUT2D eigenvalue weighted by Gasteiger charge is -2.33. The van der Waals surface area contributed by atoms with Gasteiger partial charge in [0.25, 0.3) is 5.91 Å². The molecule has 7 nitrogen and oxygen atoms in total. The van der Waals surface area contributed by atoms with Crippen LogP contribution in [0.5, 0.6) is 0 Å². The van der Waals surface area contributed by atoms with Crippen molar-refractivity contribution in [2.45, 2.75) is 6.92 Å². The summed E-state index contributed by atoms with van der Waals surface area (Å²) >= 11 is 0. The molecule has 1 aliphatic rings. The molecule has 1 N–H and O–H groups in total. The molecule has 0 atom stereocenters. The first kappa shape index (κ1) is 14.1. The van der Waals surface area contributed by atoms with E-state index in [1.165, 1.54) is 11.2 Å². The second kappa shape index (κ2) is 6.23. The normalized spacial score (nSPS) is 15.1. The fraction of sp³-hybridized carbons (Fsp3) is 0.462. The van der Waals surface area contributed by atoms with Gasteiger partial charge in [0.05, 0.1) is 6.26 Å². The van der Waals surface area contributed by atoms with Crippen molar-refractivity contribution in [2.24, 2.45) is 0 Å². The van der Waals surface area contributed by atoms with Crippen LogP contribution in [0.25, 0.3) is 0 Å². The average Bonchev–Trinajstić information content (AvgIpc) is 3.00. The van der Waals surface area contributed by atoms with Crippen molar-refractivity contribution < 1.29 is 18.8 Å². The molecule has 2 heterocycles. The number of nitrogens with one attached hydrogen (secondary N) is 1. The van der Waals surface area contributed by atoms with E-state index in [1.54, 1.807) is 24.0 Å². The number of piperazine rings is 1. The summed E-state index contributed by atoms with van der Waals surface area (Å²) in [6.45, 7) is 3.66. The van der Waals surface area contributed by atoms with E-state index in [0.29, 0.717) is 32.7 Å². The minimum Gasteiger partial charge on any atom is -0.459 e. The van der Waals surface area contributed by atoms with Crippen molar-refractivity contribution in [3.8, 4) is 0 Å². The fourth-order valence-electron chi connectivity index (χ4n) is 2.05. The standard InChI is InChI=1S/C13H17N3O4/c1-2-14-11(17)13(19)16-7-5-15(6-8-16)12(18)10-4-3-9-20-10/h3-4,9H,2,5-8H2,1H3,(H,14,17). The van der Waals surface area contributed by atoms with Gasteiger partial charge in [0.2, 0.25) is 0 Å². The van der Waals surface area contributed by atoms with Gasteiger partial charge < -0.3 is 19.5 Å². The molecule has 108 valence electrons. The summed E-state index contributed by atoms with van der Waals surface area (Å²) in [5, 5.41) is 2.47. The van der Waals surface area contributed by atoms with Crippen molar-refractivity contribution in [3.63, 3.8) is 0 Å². The number of hydrogen-bond acceptors (Lipinski definition) is 4. The summed E-state index contributed by atoms with van der Waals surface area (Å²) in [6.07, 6.45) is 1.45. The number of amides is 3. The highest BCUT2D eigenvalue weighted by Gasteiger charge is 2.28. The van der Waals surface area contributed by atoms with Gasteiger partial charge in [-0.2, -0.15) is 0 Å². The monoisotopic (exact) mass is 279 g/mol. The number of likely N-dealkylation sites (N-methyl/N-ethyl adjacent to an activating group) is 1. The van der Waals surface area contributed by atoms with Crippen molar-refractivity contribution in [3.05, 3.63) is 24.2 Å². The molecule has 2 rings (SSSR count). The molecule has 1 fully saturated rings. The van der Waals surface area contributed by atoms with Gasteiger partial charge in [-0.25, -0.2) is 0 Å². The van der Waals surface area contributed by atoms with Gasteiger partial charge in [0, 0.05) is 32.7 Å². The summed E-state index contributed by atoms with van der Waals surface area (Å²) in [4.78, 5) is 38.3. The highest BCUT2D eigenvalue weighted by Crippen LogP contribution is 2.09. The lowest BCUT2D eigenvalue weighted by molar-refractivity contribution is -0.146. The average molecular weight is 279 g/mol. The zero-order valence-corrected chi connectivity index (χ0v) is 11.3. The van der Waals surface area contributed by atoms with Crippen LogP contribution < -0.4 is 5.32 Å². The third-order valence-electron chi connectivity index (χ3n) is 3.12. The Labute approximate surface area is 116 Å². The molecular weight excluding hydrogens is 262 g/mol. The van der Waals surface area contributed by atoms with Crippen LogP contribution in [0.2, 0.25) is 0 Å². The van der Waals surface area contributed by atoms with Crippen LogP contribution in [0.4, 0.5) is 0 Å². The maximum absolute atomic E-state index is 12.0. The van der Waals surface area contributed by atoms with Gasteiger partial charge in [0.15, 0.2) is 5.76 Å². The SMILES string of the molecule is CCNC(=O)C(=O)N1CCN(C(=O)c2ccco2)CC1. The number of rotatable bonds is 2. The van der Waals surface area contributed by atoms with E-state index in [2.05, 4.69) is 5.32 Å². The Morgan fingerprint density at radius 3 is 2.40 bits per heavy atom. The Kier molecular flexibility index (Phi) is 4.39. The quantitative estimate of drug-likeness (QED) is 0.753. The van der Waals surface area contributed by atoms with E-state index in [-0.39, 0.29) is 11.7 Å². The number of furan rings is 1. The molecule has 20 heavy (non-hydrogen) atoms. The predicted octanol–water partition coefficient (Wildman–Crippen LogP) is -0.300. The number of hydrogen-bond donors (Lipinski definition) is 1. The molecular formula is C13H17N3O4. The van der Waals surface area contributed by atoms with Gasteiger partial charge in [-0.15, -0.1) is 0 Å². The van der Waals surface area contributed by atoms with Crippen LogP contribution in [0.3, 0.4) is 0 Å². The number of carbonyl (C=O) groups excluding carboxylic acids is 3. The van der Waals surface area contributed by atoms with Crippen molar-refractivity contribution >= 4 is 17.7 Å². The fourth-order valence-corrected chi connectivity index (χ4v) is 2.05. The van der Waals surface area contributed by atoms with E-state index >= 15 is 0 Å². The van der Waals surface area contributed by atoms with E-state index in [1.807, 2.05) is 0 Å². The Bertz CT molecular complexity index is 490. The maximum atomic E-state index is 12.0. The third-order valence-corrected chi connectivity index (χ3v) is 3.12. The molecule has 1 aliphatic heterocycles. The Morgan fingerprint density at radius 2 is 1.85 bits per heavy atom. The minimum atomic E-state index is -0.599. The van der Waals surface area contributed by atoms with E-state index in [9.17, 15) is 14.4 Å². The highest BCUT2D eigenvalue weighted by atomic mass is 16.3. The second-order valence-electron chi connectivity index (χ2n) is 4.42. The van der Waals surface area contributed by atoms with Crippen LogP contribution in [-0.4, -0.2) is 60.2 Å². The van der Waals surface area contributed by atoms with Crippen LogP contribution in [0.1, 0.15) is 17.5 Å². The van der Waals surface area contributed by atoms with Crippen LogP contribution >= 0.6 is 0 Å². The molecule has 0 spiro atoms. The van der Waals surface area contributed by atoms with E-state index in [0.717, 1.165) is 0 Å². The lowest BCUT2D eigenvalue weighted by Crippen LogP contribution is -2.53. The van der Waals surface area contributed by atoms with Crippen LogP contribution in [-0.2, 0) is 9.59 Å². The highest BCUT2D eigenvalue weighted by molar-refractivity contribution is 6.35. The first-order valence-electron chi connectivity index (χ1n) is 6.53. The molecule has 0 unspecified atom stereocenters. The second-order valence-corrected chi connectivity index (χ2v) is 4.42. The molecule has 1 saturated heterocycles. The first-order valence-corrected chi connectivity index (χ1v) is 6.53. The summed E-state index contributed by atoms with van der Waals surface area (Å²) in [5.41, 5.74) is 0. The molecule has 0 saturated carbocycles. The molecule has 0 aliphatic carbocycles. The van der Waals surface area contributed by atoms with Gasteiger partial charge in [-0.1, -0.05) is 0 Å². The molecule has 0 bridgehead atoms. The van der Waals surface area contributed by atoms with Gasteiger partial charge in [-0.05, 0) is 19.1 Å². The van der Waals surface area contributed by atoms with Crippen molar-refractivity contribution in [1.82, 2.24) is 15.1 Å². The van der Waals surface area contributed by atoms with Crippen molar-refractivity contribution in [1.29, 1.82) is 0 Å².